The van der Waals surface area contributed by atoms with Crippen molar-refractivity contribution in [1.82, 2.24) is 14.9 Å². The van der Waals surface area contributed by atoms with E-state index in [0.717, 1.165) is 38.8 Å². The maximum atomic E-state index is 5.40. The smallest absolute Gasteiger partial charge is 0.0948 e. The number of aryl methyl sites for hydroxylation is 1. The standard InChI is InChI=1S/C12H19N3O/c1(10-2-4-16-8-10)3-15-9-14-7-12(15)11-5-13-6-11/h7,9-11,13H,1-6,8H2. The molecule has 0 bridgehead atoms. The average Bonchev–Trinajstić information content (AvgIpc) is 2.82. The Morgan fingerprint density at radius 3 is 3.12 bits per heavy atom. The predicted molar refractivity (Wildman–Crippen MR) is 61.4 cm³/mol. The number of aromatic nitrogens is 2. The summed E-state index contributed by atoms with van der Waals surface area (Å²) in [5.41, 5.74) is 1.40. The van der Waals surface area contributed by atoms with Crippen molar-refractivity contribution in [3.05, 3.63) is 18.2 Å². The summed E-state index contributed by atoms with van der Waals surface area (Å²) in [6, 6.07) is 0. The second kappa shape index (κ2) is 4.55. The van der Waals surface area contributed by atoms with Crippen LogP contribution in [0.5, 0.6) is 0 Å². The van der Waals surface area contributed by atoms with Crippen LogP contribution in [0.15, 0.2) is 12.5 Å². The summed E-state index contributed by atoms with van der Waals surface area (Å²) in [5, 5.41) is 3.31. The Hall–Kier alpha value is -0.870. The van der Waals surface area contributed by atoms with Crippen LogP contribution < -0.4 is 5.32 Å². The number of hydrogen-bond donors (Lipinski definition) is 1. The number of nitrogens with one attached hydrogen (secondary N) is 1. The number of ether oxygens (including phenoxy) is 1. The van der Waals surface area contributed by atoms with Crippen LogP contribution >= 0.6 is 0 Å². The third-order valence-electron chi connectivity index (χ3n) is 3.75. The topological polar surface area (TPSA) is 39.1 Å². The second-order valence-corrected chi connectivity index (χ2v) is 4.89. The first-order valence-electron chi connectivity index (χ1n) is 6.22. The highest BCUT2D eigenvalue weighted by atomic mass is 16.5. The van der Waals surface area contributed by atoms with E-state index in [2.05, 4.69) is 14.9 Å². The van der Waals surface area contributed by atoms with E-state index in [0.29, 0.717) is 5.92 Å². The van der Waals surface area contributed by atoms with Gasteiger partial charge in [-0.25, -0.2) is 4.98 Å². The molecule has 2 aliphatic heterocycles. The van der Waals surface area contributed by atoms with E-state index in [1.54, 1.807) is 0 Å². The van der Waals surface area contributed by atoms with E-state index < -0.39 is 0 Å². The molecule has 1 N–H and O–H groups in total. The monoisotopic (exact) mass is 221 g/mol. The van der Waals surface area contributed by atoms with Crippen LogP contribution in [0.4, 0.5) is 0 Å². The molecule has 0 radical (unpaired) electrons. The molecular formula is C12H19N3O. The van der Waals surface area contributed by atoms with Crippen molar-refractivity contribution in [2.45, 2.75) is 25.3 Å². The molecule has 1 aromatic heterocycles. The predicted octanol–water partition coefficient (Wildman–Crippen LogP) is 0.996. The lowest BCUT2D eigenvalue weighted by atomic mass is 9.99. The second-order valence-electron chi connectivity index (χ2n) is 4.89. The first-order valence-corrected chi connectivity index (χ1v) is 6.22. The first-order chi connectivity index (χ1) is 7.93. The summed E-state index contributed by atoms with van der Waals surface area (Å²) < 4.78 is 7.73. The molecule has 4 heteroatoms. The van der Waals surface area contributed by atoms with E-state index in [4.69, 9.17) is 4.74 Å². The zero-order valence-corrected chi connectivity index (χ0v) is 9.56. The van der Waals surface area contributed by atoms with Gasteiger partial charge < -0.3 is 14.6 Å². The fourth-order valence-corrected chi connectivity index (χ4v) is 2.49. The van der Waals surface area contributed by atoms with Gasteiger partial charge in [0.05, 0.1) is 6.33 Å². The van der Waals surface area contributed by atoms with Gasteiger partial charge in [-0.05, 0) is 18.8 Å². The van der Waals surface area contributed by atoms with Crippen molar-refractivity contribution in [2.75, 3.05) is 26.3 Å². The Balaban J connectivity index is 1.58. The molecule has 3 heterocycles. The quantitative estimate of drug-likeness (QED) is 0.824. The molecule has 88 valence electrons. The van der Waals surface area contributed by atoms with Crippen molar-refractivity contribution in [2.24, 2.45) is 5.92 Å². The highest BCUT2D eigenvalue weighted by molar-refractivity contribution is 5.11. The van der Waals surface area contributed by atoms with Gasteiger partial charge in [0.1, 0.15) is 0 Å². The molecule has 0 aromatic carbocycles. The van der Waals surface area contributed by atoms with E-state index in [-0.39, 0.29) is 0 Å². The summed E-state index contributed by atoms with van der Waals surface area (Å²) in [6.45, 7) is 5.22. The Bertz CT molecular complexity index is 340. The average molecular weight is 221 g/mol. The minimum atomic E-state index is 0.683. The van der Waals surface area contributed by atoms with Gasteiger partial charge in [-0.2, -0.15) is 0 Å². The van der Waals surface area contributed by atoms with Crippen LogP contribution in [0.25, 0.3) is 0 Å². The summed E-state index contributed by atoms with van der Waals surface area (Å²) in [5.74, 6) is 1.44. The molecule has 1 aromatic rings. The van der Waals surface area contributed by atoms with Crippen LogP contribution in [0.1, 0.15) is 24.5 Å². The number of nitrogens with zero attached hydrogens (tertiary/aromatic N) is 2. The van der Waals surface area contributed by atoms with Gasteiger partial charge in [0.2, 0.25) is 0 Å². The molecule has 0 spiro atoms. The van der Waals surface area contributed by atoms with Crippen LogP contribution in [0.3, 0.4) is 0 Å². The largest absolute Gasteiger partial charge is 0.381 e. The normalized spacial score (nSPS) is 25.9. The SMILES string of the molecule is c1ncn(CCC2CCOC2)c1C1CNC1. The Labute approximate surface area is 96.0 Å². The van der Waals surface area contributed by atoms with Crippen molar-refractivity contribution < 1.29 is 4.74 Å². The van der Waals surface area contributed by atoms with E-state index >= 15 is 0 Å². The number of hydrogen-bond acceptors (Lipinski definition) is 3. The third kappa shape index (κ3) is 1.99. The van der Waals surface area contributed by atoms with Gasteiger partial charge in [-0.15, -0.1) is 0 Å². The zero-order valence-electron chi connectivity index (χ0n) is 9.56. The molecule has 1 atom stereocenters. The molecule has 2 fully saturated rings. The van der Waals surface area contributed by atoms with E-state index in [1.807, 2.05) is 12.5 Å². The Morgan fingerprint density at radius 1 is 1.50 bits per heavy atom. The van der Waals surface area contributed by atoms with Crippen LogP contribution in [-0.4, -0.2) is 35.9 Å². The lowest BCUT2D eigenvalue weighted by Gasteiger charge is -2.28. The molecule has 0 amide bonds. The number of rotatable bonds is 4. The van der Waals surface area contributed by atoms with Crippen molar-refractivity contribution in [3.8, 4) is 0 Å². The van der Waals surface area contributed by atoms with Crippen LogP contribution in [0.2, 0.25) is 0 Å². The first kappa shape index (κ1) is 10.3. The van der Waals surface area contributed by atoms with Gasteiger partial charge in [-0.1, -0.05) is 0 Å². The lowest BCUT2D eigenvalue weighted by molar-refractivity contribution is 0.183. The maximum Gasteiger partial charge on any atom is 0.0948 e. The molecule has 0 saturated carbocycles. The fraction of sp³-hybridized carbons (Fsp3) is 0.750. The summed E-state index contributed by atoms with van der Waals surface area (Å²) in [4.78, 5) is 4.27. The Kier molecular flexibility index (Phi) is 2.93. The van der Waals surface area contributed by atoms with Gasteiger partial charge in [0.15, 0.2) is 0 Å². The van der Waals surface area contributed by atoms with Crippen molar-refractivity contribution in [1.29, 1.82) is 0 Å². The minimum absolute atomic E-state index is 0.683. The Morgan fingerprint density at radius 2 is 2.44 bits per heavy atom. The van der Waals surface area contributed by atoms with Crippen molar-refractivity contribution >= 4 is 0 Å². The summed E-state index contributed by atoms with van der Waals surface area (Å²) >= 11 is 0. The fourth-order valence-electron chi connectivity index (χ4n) is 2.49. The van der Waals surface area contributed by atoms with Crippen molar-refractivity contribution in [3.63, 3.8) is 0 Å². The molecule has 4 nitrogen and oxygen atoms in total. The molecule has 2 aliphatic rings. The van der Waals surface area contributed by atoms with Crippen LogP contribution in [0, 0.1) is 5.92 Å². The van der Waals surface area contributed by atoms with E-state index in [1.165, 1.54) is 18.5 Å². The van der Waals surface area contributed by atoms with Crippen LogP contribution in [-0.2, 0) is 11.3 Å². The summed E-state index contributed by atoms with van der Waals surface area (Å²) in [6.07, 6.45) is 6.46. The minimum Gasteiger partial charge on any atom is -0.381 e. The third-order valence-corrected chi connectivity index (χ3v) is 3.75. The molecule has 3 rings (SSSR count). The van der Waals surface area contributed by atoms with Gasteiger partial charge in [0.25, 0.3) is 0 Å². The molecule has 1 unspecified atom stereocenters. The van der Waals surface area contributed by atoms with Gasteiger partial charge in [0, 0.05) is 50.7 Å². The molecule has 16 heavy (non-hydrogen) atoms. The lowest BCUT2D eigenvalue weighted by Crippen LogP contribution is -2.40. The molecule has 0 aliphatic carbocycles. The van der Waals surface area contributed by atoms with E-state index in [9.17, 15) is 0 Å². The highest BCUT2D eigenvalue weighted by Crippen LogP contribution is 2.22. The highest BCUT2D eigenvalue weighted by Gasteiger charge is 2.23. The molecular weight excluding hydrogens is 202 g/mol. The van der Waals surface area contributed by atoms with Gasteiger partial charge in [-0.3, -0.25) is 0 Å². The zero-order chi connectivity index (χ0) is 10.8. The van der Waals surface area contributed by atoms with Gasteiger partial charge >= 0.3 is 0 Å². The summed E-state index contributed by atoms with van der Waals surface area (Å²) in [7, 11) is 0. The number of imidazole rings is 1. The molecule has 2 saturated heterocycles. The maximum absolute atomic E-state index is 5.40.